The van der Waals surface area contributed by atoms with Gasteiger partial charge in [0.25, 0.3) is 0 Å². The zero-order valence-corrected chi connectivity index (χ0v) is 21.7. The van der Waals surface area contributed by atoms with Crippen LogP contribution in [0.25, 0.3) is 10.9 Å². The Morgan fingerprint density at radius 3 is 2.83 bits per heavy atom. The molecule has 3 heterocycles. The first kappa shape index (κ1) is 25.8. The van der Waals surface area contributed by atoms with E-state index >= 15 is 0 Å². The minimum absolute atomic E-state index is 0.284. The highest BCUT2D eigenvalue weighted by atomic mass is 16.5. The van der Waals surface area contributed by atoms with E-state index in [0.29, 0.717) is 18.3 Å². The van der Waals surface area contributed by atoms with Crippen LogP contribution in [0.15, 0.2) is 42.7 Å². The average molecular weight is 491 g/mol. The van der Waals surface area contributed by atoms with Crippen molar-refractivity contribution in [2.75, 3.05) is 37.4 Å². The molecule has 3 aromatic rings. The molecular formula is C28H38N6O2. The van der Waals surface area contributed by atoms with Crippen LogP contribution in [0.3, 0.4) is 0 Å². The Morgan fingerprint density at radius 2 is 2.00 bits per heavy atom. The topological polar surface area (TPSA) is 92.3 Å². The molecule has 0 aliphatic carbocycles. The molecule has 192 valence electrons. The van der Waals surface area contributed by atoms with E-state index in [4.69, 9.17) is 9.72 Å². The van der Waals surface area contributed by atoms with Crippen LogP contribution in [0, 0.1) is 0 Å². The highest BCUT2D eigenvalue weighted by molar-refractivity contribution is 5.90. The van der Waals surface area contributed by atoms with Crippen molar-refractivity contribution in [3.05, 3.63) is 54.0 Å². The number of nitrogens with zero attached hydrogens (tertiary/aromatic N) is 4. The molecule has 1 atom stereocenters. The molecule has 36 heavy (non-hydrogen) atoms. The van der Waals surface area contributed by atoms with E-state index in [2.05, 4.69) is 51.5 Å². The Balaban J connectivity index is 1.31. The maximum absolute atomic E-state index is 12.6. The first-order chi connectivity index (χ1) is 17.5. The largest absolute Gasteiger partial charge is 0.467 e. The van der Waals surface area contributed by atoms with E-state index in [1.54, 1.807) is 0 Å². The molecule has 2 aromatic heterocycles. The first-order valence-electron chi connectivity index (χ1n) is 13.1. The molecule has 0 fully saturated rings. The fraction of sp³-hybridized carbons (Fsp3) is 0.500. The van der Waals surface area contributed by atoms with Crippen LogP contribution in [0.4, 0.5) is 11.6 Å². The number of aryl methyl sites for hydroxylation is 2. The van der Waals surface area contributed by atoms with E-state index in [-0.39, 0.29) is 5.97 Å². The number of pyridine rings is 1. The number of para-hydroxylation sites is 1. The zero-order valence-electron chi connectivity index (χ0n) is 21.7. The summed E-state index contributed by atoms with van der Waals surface area (Å²) in [5, 5.41) is 7.63. The Hall–Kier alpha value is -3.26. The van der Waals surface area contributed by atoms with Crippen LogP contribution in [0.2, 0.25) is 0 Å². The van der Waals surface area contributed by atoms with Gasteiger partial charge in [-0.15, -0.1) is 0 Å². The van der Waals surface area contributed by atoms with Crippen molar-refractivity contribution in [2.24, 2.45) is 0 Å². The van der Waals surface area contributed by atoms with E-state index in [0.717, 1.165) is 67.7 Å². The molecule has 0 saturated heterocycles. The van der Waals surface area contributed by atoms with Gasteiger partial charge in [-0.1, -0.05) is 18.2 Å². The number of methoxy groups -OCH3 is 1. The third kappa shape index (κ3) is 6.69. The molecule has 8 heteroatoms. The van der Waals surface area contributed by atoms with Crippen molar-refractivity contribution in [3.8, 4) is 0 Å². The van der Waals surface area contributed by atoms with E-state index in [1.807, 2.05) is 24.3 Å². The molecule has 1 aliphatic heterocycles. The van der Waals surface area contributed by atoms with Crippen LogP contribution in [-0.4, -0.2) is 64.6 Å². The molecule has 0 saturated carbocycles. The fourth-order valence-electron chi connectivity index (χ4n) is 4.73. The lowest BCUT2D eigenvalue weighted by atomic mass is 10.1. The quantitative estimate of drug-likeness (QED) is 0.284. The number of hydrogen-bond donors (Lipinski definition) is 2. The minimum Gasteiger partial charge on any atom is -0.467 e. The van der Waals surface area contributed by atoms with Crippen molar-refractivity contribution in [1.82, 2.24) is 19.9 Å². The van der Waals surface area contributed by atoms with Gasteiger partial charge in [0.05, 0.1) is 12.6 Å². The number of esters is 1. The third-order valence-electron chi connectivity index (χ3n) is 6.85. The number of rotatable bonds is 12. The zero-order chi connectivity index (χ0) is 25.3. The Labute approximate surface area is 213 Å². The molecule has 4 rings (SSSR count). The van der Waals surface area contributed by atoms with Crippen LogP contribution in [0.1, 0.15) is 50.8 Å². The highest BCUT2D eigenvalue weighted by Gasteiger charge is 2.22. The molecule has 0 unspecified atom stereocenters. The molecule has 2 N–H and O–H groups in total. The van der Waals surface area contributed by atoms with Crippen molar-refractivity contribution >= 4 is 28.5 Å². The summed E-state index contributed by atoms with van der Waals surface area (Å²) >= 11 is 0. The second kappa shape index (κ2) is 12.6. The number of carbonyl (C=O) groups excluding carboxylic acids is 1. The summed E-state index contributed by atoms with van der Waals surface area (Å²) in [6.45, 7) is 7.19. The smallest absolute Gasteiger partial charge is 0.328 e. The second-order valence-corrected chi connectivity index (χ2v) is 9.68. The van der Waals surface area contributed by atoms with Gasteiger partial charge in [0, 0.05) is 30.2 Å². The summed E-state index contributed by atoms with van der Waals surface area (Å²) in [6, 6.07) is 12.1. The van der Waals surface area contributed by atoms with Gasteiger partial charge in [0.15, 0.2) is 0 Å². The standard InChI is InChI=1S/C28H38N6O2/c1-20(2)34(17-7-6-10-22-14-13-21-9-8-16-29-26(21)32-22)18-15-25(28(35)36-3)33-27-23-11-4-5-12-24(23)30-19-31-27/h4-5,11-14,19-20,25H,6-10,15-18H2,1-3H3,(H,29,32)(H,30,31,33)/t25-/m0/s1. The molecule has 0 spiro atoms. The van der Waals surface area contributed by atoms with Gasteiger partial charge < -0.3 is 20.3 Å². The SMILES string of the molecule is COC(=O)[C@H](CCN(CCCCc1ccc2c(n1)NCCC2)C(C)C)Nc1ncnc2ccccc12. The Bertz CT molecular complexity index is 1150. The molecule has 0 radical (unpaired) electrons. The number of carbonyl (C=O) groups is 1. The van der Waals surface area contributed by atoms with Crippen molar-refractivity contribution in [3.63, 3.8) is 0 Å². The summed E-state index contributed by atoms with van der Waals surface area (Å²) in [6.07, 6.45) is 7.59. The van der Waals surface area contributed by atoms with Crippen LogP contribution >= 0.6 is 0 Å². The summed E-state index contributed by atoms with van der Waals surface area (Å²) in [7, 11) is 1.43. The van der Waals surface area contributed by atoms with Crippen LogP contribution in [-0.2, 0) is 22.4 Å². The van der Waals surface area contributed by atoms with Gasteiger partial charge in [-0.2, -0.15) is 0 Å². The maximum Gasteiger partial charge on any atom is 0.328 e. The number of fused-ring (bicyclic) bond motifs is 2. The number of ether oxygens (including phenoxy) is 1. The van der Waals surface area contributed by atoms with Crippen LogP contribution in [0.5, 0.6) is 0 Å². The maximum atomic E-state index is 12.6. The fourth-order valence-corrected chi connectivity index (χ4v) is 4.73. The monoisotopic (exact) mass is 490 g/mol. The van der Waals surface area contributed by atoms with Gasteiger partial charge in [-0.25, -0.2) is 19.7 Å². The first-order valence-corrected chi connectivity index (χ1v) is 13.1. The van der Waals surface area contributed by atoms with E-state index < -0.39 is 6.04 Å². The normalized spacial score (nSPS) is 13.9. The molecule has 8 nitrogen and oxygen atoms in total. The summed E-state index contributed by atoms with van der Waals surface area (Å²) in [4.78, 5) is 28.5. The third-order valence-corrected chi connectivity index (χ3v) is 6.85. The number of aromatic nitrogens is 3. The summed E-state index contributed by atoms with van der Waals surface area (Å²) in [5.74, 6) is 1.44. The minimum atomic E-state index is -0.484. The highest BCUT2D eigenvalue weighted by Crippen LogP contribution is 2.22. The lowest BCUT2D eigenvalue weighted by molar-refractivity contribution is -0.141. The lowest BCUT2D eigenvalue weighted by Gasteiger charge is -2.28. The molecule has 0 amide bonds. The Morgan fingerprint density at radius 1 is 1.14 bits per heavy atom. The lowest BCUT2D eigenvalue weighted by Crippen LogP contribution is -2.39. The Kier molecular flexibility index (Phi) is 9.06. The summed E-state index contributed by atoms with van der Waals surface area (Å²) in [5.41, 5.74) is 3.33. The predicted octanol–water partition coefficient (Wildman–Crippen LogP) is 4.46. The molecule has 1 aromatic carbocycles. The van der Waals surface area contributed by atoms with E-state index in [9.17, 15) is 4.79 Å². The van der Waals surface area contributed by atoms with Gasteiger partial charge in [0.2, 0.25) is 0 Å². The number of hydrogen-bond acceptors (Lipinski definition) is 8. The number of benzene rings is 1. The van der Waals surface area contributed by atoms with Gasteiger partial charge in [0.1, 0.15) is 24.0 Å². The van der Waals surface area contributed by atoms with Crippen molar-refractivity contribution < 1.29 is 9.53 Å². The number of nitrogens with one attached hydrogen (secondary N) is 2. The predicted molar refractivity (Wildman–Crippen MR) is 144 cm³/mol. The van der Waals surface area contributed by atoms with Gasteiger partial charge in [-0.3, -0.25) is 0 Å². The average Bonchev–Trinajstić information content (AvgIpc) is 2.91. The number of anilines is 2. The van der Waals surface area contributed by atoms with E-state index in [1.165, 1.54) is 25.4 Å². The van der Waals surface area contributed by atoms with Gasteiger partial charge >= 0.3 is 5.97 Å². The molecule has 0 bridgehead atoms. The van der Waals surface area contributed by atoms with Crippen molar-refractivity contribution in [2.45, 2.75) is 64.5 Å². The summed E-state index contributed by atoms with van der Waals surface area (Å²) < 4.78 is 5.10. The van der Waals surface area contributed by atoms with Crippen LogP contribution < -0.4 is 10.6 Å². The second-order valence-electron chi connectivity index (χ2n) is 9.68. The van der Waals surface area contributed by atoms with Gasteiger partial charge in [-0.05, 0) is 82.7 Å². The number of unbranched alkanes of at least 4 members (excludes halogenated alkanes) is 1. The molecular weight excluding hydrogens is 452 g/mol. The van der Waals surface area contributed by atoms with Crippen molar-refractivity contribution in [1.29, 1.82) is 0 Å². The molecule has 1 aliphatic rings.